The van der Waals surface area contributed by atoms with Crippen LogP contribution in [0.5, 0.6) is 5.75 Å². The highest BCUT2D eigenvalue weighted by Gasteiger charge is 2.25. The average molecular weight is 278 g/mol. The predicted octanol–water partition coefficient (Wildman–Crippen LogP) is 1.92. The van der Waals surface area contributed by atoms with Crippen LogP contribution >= 0.6 is 0 Å². The van der Waals surface area contributed by atoms with E-state index in [2.05, 4.69) is 11.9 Å². The van der Waals surface area contributed by atoms with Gasteiger partial charge in [-0.3, -0.25) is 0 Å². The van der Waals surface area contributed by atoms with Gasteiger partial charge in [0.25, 0.3) is 0 Å². The van der Waals surface area contributed by atoms with Crippen LogP contribution in [0.2, 0.25) is 0 Å². The SMILES string of the molecule is CCOC(=O)c1ccc(N)c(OCCN(C)C2CC2)c1. The Kier molecular flexibility index (Phi) is 4.84. The van der Waals surface area contributed by atoms with Crippen molar-refractivity contribution in [1.82, 2.24) is 4.90 Å². The third kappa shape index (κ3) is 3.87. The van der Waals surface area contributed by atoms with Gasteiger partial charge in [-0.2, -0.15) is 0 Å². The molecule has 1 aliphatic rings. The van der Waals surface area contributed by atoms with Crippen molar-refractivity contribution in [3.63, 3.8) is 0 Å². The molecule has 0 radical (unpaired) electrons. The lowest BCUT2D eigenvalue weighted by Gasteiger charge is -2.16. The number of rotatable bonds is 7. The van der Waals surface area contributed by atoms with Crippen LogP contribution in [0, 0.1) is 0 Å². The number of nitrogen functional groups attached to an aromatic ring is 1. The van der Waals surface area contributed by atoms with Crippen LogP contribution in [0.3, 0.4) is 0 Å². The third-order valence-corrected chi connectivity index (χ3v) is 3.40. The molecule has 0 bridgehead atoms. The number of esters is 1. The molecular weight excluding hydrogens is 256 g/mol. The Morgan fingerprint density at radius 1 is 1.45 bits per heavy atom. The summed E-state index contributed by atoms with van der Waals surface area (Å²) in [6, 6.07) is 5.68. The maximum atomic E-state index is 11.7. The lowest BCUT2D eigenvalue weighted by Crippen LogP contribution is -2.26. The Bertz CT molecular complexity index is 472. The molecule has 1 fully saturated rings. The molecule has 0 unspecified atom stereocenters. The van der Waals surface area contributed by atoms with E-state index in [0.717, 1.165) is 6.54 Å². The number of carbonyl (C=O) groups excluding carboxylic acids is 1. The molecule has 2 N–H and O–H groups in total. The van der Waals surface area contributed by atoms with Gasteiger partial charge in [0.15, 0.2) is 0 Å². The van der Waals surface area contributed by atoms with Gasteiger partial charge >= 0.3 is 5.97 Å². The van der Waals surface area contributed by atoms with Gasteiger partial charge in [-0.05, 0) is 45.0 Å². The summed E-state index contributed by atoms with van der Waals surface area (Å²) in [5.74, 6) is 0.187. The fourth-order valence-electron chi connectivity index (χ4n) is 2.00. The monoisotopic (exact) mass is 278 g/mol. The van der Waals surface area contributed by atoms with E-state index in [1.165, 1.54) is 12.8 Å². The molecule has 0 heterocycles. The number of ether oxygens (including phenoxy) is 2. The Labute approximate surface area is 119 Å². The molecule has 1 saturated carbocycles. The second-order valence-corrected chi connectivity index (χ2v) is 5.03. The first kappa shape index (κ1) is 14.7. The minimum Gasteiger partial charge on any atom is -0.490 e. The molecule has 2 rings (SSSR count). The molecule has 1 aromatic carbocycles. The van der Waals surface area contributed by atoms with Crippen LogP contribution in [-0.2, 0) is 4.74 Å². The molecule has 0 saturated heterocycles. The number of nitrogens with two attached hydrogens (primary N) is 1. The Morgan fingerprint density at radius 2 is 2.20 bits per heavy atom. The van der Waals surface area contributed by atoms with Gasteiger partial charge in [-0.15, -0.1) is 0 Å². The molecule has 0 spiro atoms. The number of likely N-dealkylation sites (N-methyl/N-ethyl adjacent to an activating group) is 1. The lowest BCUT2D eigenvalue weighted by atomic mass is 10.2. The fraction of sp³-hybridized carbons (Fsp3) is 0.533. The lowest BCUT2D eigenvalue weighted by molar-refractivity contribution is 0.0526. The van der Waals surface area contributed by atoms with Crippen molar-refractivity contribution in [2.75, 3.05) is 32.5 Å². The summed E-state index contributed by atoms with van der Waals surface area (Å²) in [7, 11) is 2.10. The summed E-state index contributed by atoms with van der Waals surface area (Å²) in [6.45, 7) is 3.54. The molecule has 0 amide bonds. The van der Waals surface area contributed by atoms with Crippen LogP contribution in [-0.4, -0.2) is 43.7 Å². The van der Waals surface area contributed by atoms with E-state index in [9.17, 15) is 4.79 Å². The first-order valence-electron chi connectivity index (χ1n) is 7.01. The standard InChI is InChI=1S/C15H22N2O3/c1-3-19-15(18)11-4-7-13(16)14(10-11)20-9-8-17(2)12-5-6-12/h4,7,10,12H,3,5-6,8-9,16H2,1-2H3. The summed E-state index contributed by atoms with van der Waals surface area (Å²) in [5, 5.41) is 0. The van der Waals surface area contributed by atoms with Crippen molar-refractivity contribution in [1.29, 1.82) is 0 Å². The van der Waals surface area contributed by atoms with Crippen molar-refractivity contribution >= 4 is 11.7 Å². The van der Waals surface area contributed by atoms with E-state index in [4.69, 9.17) is 15.2 Å². The zero-order valence-electron chi connectivity index (χ0n) is 12.1. The van der Waals surface area contributed by atoms with Crippen LogP contribution in [0.1, 0.15) is 30.1 Å². The van der Waals surface area contributed by atoms with Gasteiger partial charge in [0.05, 0.1) is 17.9 Å². The molecule has 5 nitrogen and oxygen atoms in total. The third-order valence-electron chi connectivity index (χ3n) is 3.40. The number of hydrogen-bond donors (Lipinski definition) is 1. The summed E-state index contributed by atoms with van der Waals surface area (Å²) < 4.78 is 10.6. The van der Waals surface area contributed by atoms with Crippen molar-refractivity contribution in [2.45, 2.75) is 25.8 Å². The van der Waals surface area contributed by atoms with Crippen LogP contribution < -0.4 is 10.5 Å². The molecule has 1 aromatic rings. The average Bonchev–Trinajstić information content (AvgIpc) is 3.25. The van der Waals surface area contributed by atoms with Gasteiger partial charge in [-0.25, -0.2) is 4.79 Å². The first-order valence-corrected chi connectivity index (χ1v) is 7.01. The normalized spacial score (nSPS) is 14.3. The second-order valence-electron chi connectivity index (χ2n) is 5.03. The highest BCUT2D eigenvalue weighted by Crippen LogP contribution is 2.26. The van der Waals surface area contributed by atoms with E-state index in [1.54, 1.807) is 25.1 Å². The summed E-state index contributed by atoms with van der Waals surface area (Å²) >= 11 is 0. The van der Waals surface area contributed by atoms with Crippen LogP contribution in [0.15, 0.2) is 18.2 Å². The molecule has 20 heavy (non-hydrogen) atoms. The van der Waals surface area contributed by atoms with Gasteiger partial charge in [0.2, 0.25) is 0 Å². The highest BCUT2D eigenvalue weighted by atomic mass is 16.5. The second kappa shape index (κ2) is 6.61. The summed E-state index contributed by atoms with van der Waals surface area (Å²) in [6.07, 6.45) is 2.55. The Balaban J connectivity index is 1.91. The maximum Gasteiger partial charge on any atom is 0.338 e. The van der Waals surface area contributed by atoms with Gasteiger partial charge in [0.1, 0.15) is 12.4 Å². The van der Waals surface area contributed by atoms with Crippen LogP contribution in [0.4, 0.5) is 5.69 Å². The van der Waals surface area contributed by atoms with Crippen molar-refractivity contribution in [2.24, 2.45) is 0 Å². The molecule has 5 heteroatoms. The molecule has 0 atom stereocenters. The number of carbonyl (C=O) groups is 1. The molecular formula is C15H22N2O3. The van der Waals surface area contributed by atoms with Crippen molar-refractivity contribution in [3.05, 3.63) is 23.8 Å². The van der Waals surface area contributed by atoms with Crippen molar-refractivity contribution in [3.8, 4) is 5.75 Å². The van der Waals surface area contributed by atoms with E-state index in [1.807, 2.05) is 0 Å². The Morgan fingerprint density at radius 3 is 2.85 bits per heavy atom. The van der Waals surface area contributed by atoms with E-state index < -0.39 is 0 Å². The summed E-state index contributed by atoms with van der Waals surface area (Å²) in [4.78, 5) is 13.9. The van der Waals surface area contributed by atoms with E-state index >= 15 is 0 Å². The quantitative estimate of drug-likeness (QED) is 0.610. The van der Waals surface area contributed by atoms with Crippen LogP contribution in [0.25, 0.3) is 0 Å². The van der Waals surface area contributed by atoms with Gasteiger partial charge < -0.3 is 20.1 Å². The smallest absolute Gasteiger partial charge is 0.338 e. The minimum absolute atomic E-state index is 0.353. The highest BCUT2D eigenvalue weighted by molar-refractivity contribution is 5.90. The number of hydrogen-bond acceptors (Lipinski definition) is 5. The topological polar surface area (TPSA) is 64.8 Å². The zero-order valence-corrected chi connectivity index (χ0v) is 12.1. The molecule has 110 valence electrons. The molecule has 0 aromatic heterocycles. The molecule has 0 aliphatic heterocycles. The molecule has 1 aliphatic carbocycles. The zero-order chi connectivity index (χ0) is 14.5. The summed E-state index contributed by atoms with van der Waals surface area (Å²) in [5.41, 5.74) is 6.86. The first-order chi connectivity index (χ1) is 9.61. The Hall–Kier alpha value is -1.75. The largest absolute Gasteiger partial charge is 0.490 e. The predicted molar refractivity (Wildman–Crippen MR) is 78.0 cm³/mol. The fourth-order valence-corrected chi connectivity index (χ4v) is 2.00. The van der Waals surface area contributed by atoms with E-state index in [0.29, 0.717) is 36.3 Å². The number of benzene rings is 1. The van der Waals surface area contributed by atoms with Crippen molar-refractivity contribution < 1.29 is 14.3 Å². The van der Waals surface area contributed by atoms with Gasteiger partial charge in [0, 0.05) is 12.6 Å². The minimum atomic E-state index is -0.354. The van der Waals surface area contributed by atoms with E-state index in [-0.39, 0.29) is 5.97 Å². The number of anilines is 1. The number of nitrogens with zero attached hydrogens (tertiary/aromatic N) is 1. The van der Waals surface area contributed by atoms with Gasteiger partial charge in [-0.1, -0.05) is 0 Å². The maximum absolute atomic E-state index is 11.7.